The number of benzene rings is 4. The number of hydrogen-bond donors (Lipinski definition) is 4. The van der Waals surface area contributed by atoms with Gasteiger partial charge in [-0.2, -0.15) is 4.31 Å². The number of amides is 2. The Morgan fingerprint density at radius 1 is 0.754 bits per heavy atom. The molecule has 292 valence electrons. The van der Waals surface area contributed by atoms with Crippen LogP contribution in [-0.4, -0.2) is 72.4 Å². The van der Waals surface area contributed by atoms with Crippen LogP contribution in [0.4, 0.5) is 17.1 Å². The average Bonchev–Trinajstić information content (AvgIpc) is 3.74. The Morgan fingerprint density at radius 2 is 1.37 bits per heavy atom. The van der Waals surface area contributed by atoms with Crippen LogP contribution in [0.5, 0.6) is 0 Å². The smallest absolute Gasteiger partial charge is 1.00 e. The van der Waals surface area contributed by atoms with E-state index in [2.05, 4.69) is 15.5 Å². The number of aryl methyl sites for hydroxylation is 2. The third-order valence-corrected chi connectivity index (χ3v) is 12.6. The Bertz CT molecular complexity index is 2170. The van der Waals surface area contributed by atoms with Crippen molar-refractivity contribution in [3.05, 3.63) is 119 Å². The number of sulfonamides is 1. The van der Waals surface area contributed by atoms with E-state index >= 15 is 0 Å². The number of nitrogens with zero attached hydrogens (tertiary/aromatic N) is 2. The number of aromatic carboxylic acids is 1. The Balaban J connectivity index is 0.00000300. The van der Waals surface area contributed by atoms with Crippen LogP contribution in [0.25, 0.3) is 0 Å². The van der Waals surface area contributed by atoms with Gasteiger partial charge in [0.1, 0.15) is 0 Å². The molecule has 4 aromatic carbocycles. The number of rotatable bonds is 14. The molecule has 0 spiro atoms. The molecule has 1 heterocycles. The maximum atomic E-state index is 13.9. The van der Waals surface area contributed by atoms with E-state index in [0.717, 1.165) is 55.6 Å². The molecule has 0 bridgehead atoms. The molecule has 0 atom stereocenters. The number of anilines is 3. The first kappa shape index (κ1) is 47.4. The van der Waals surface area contributed by atoms with Crippen LogP contribution in [0.3, 0.4) is 0 Å². The standard InChI is InChI=1S/C42H46N4O8S.2K.2H/c1-2-46(34-20-16-31(17-21-34)42(51)52)55(53,54)36-7-5-6-32(26-36)39(47)44-38-23-22-35(45-24-3-4-25-45)27-37(38)40(48)43-33-18-12-29(13-19-33)9-8-28-10-14-30(15-11-28)41(49)50;;;;/h5-7,10-15,18-19,22-23,26-27,31,34H,2-4,8-9,16-17,20-21,24-25H2,1H3,(H,43,48)(H,44,47)(H,49,50)(H,51,52);;;;/q;2*+1;2*-1. The van der Waals surface area contributed by atoms with Gasteiger partial charge in [0.2, 0.25) is 10.0 Å². The minimum atomic E-state index is -4.00. The molecule has 6 rings (SSSR count). The summed E-state index contributed by atoms with van der Waals surface area (Å²) >= 11 is 0. The van der Waals surface area contributed by atoms with E-state index in [1.807, 2.05) is 42.5 Å². The van der Waals surface area contributed by atoms with Crippen LogP contribution in [0.1, 0.15) is 90.5 Å². The fourth-order valence-electron chi connectivity index (χ4n) is 7.42. The number of carbonyl (C=O) groups is 4. The van der Waals surface area contributed by atoms with Crippen molar-refractivity contribution in [1.29, 1.82) is 0 Å². The van der Waals surface area contributed by atoms with Gasteiger partial charge >= 0.3 is 115 Å². The Morgan fingerprint density at radius 3 is 1.95 bits per heavy atom. The Hall–Kier alpha value is -2.26. The third kappa shape index (κ3) is 12.2. The molecule has 1 aliphatic carbocycles. The average molecular weight is 847 g/mol. The molecule has 2 fully saturated rings. The second-order valence-corrected chi connectivity index (χ2v) is 16.0. The summed E-state index contributed by atoms with van der Waals surface area (Å²) in [6, 6.07) is 25.1. The topological polar surface area (TPSA) is 173 Å². The second-order valence-electron chi connectivity index (χ2n) is 14.1. The third-order valence-electron chi connectivity index (χ3n) is 10.5. The van der Waals surface area contributed by atoms with Crippen molar-refractivity contribution in [3.8, 4) is 0 Å². The first-order chi connectivity index (χ1) is 26.4. The summed E-state index contributed by atoms with van der Waals surface area (Å²) in [7, 11) is -4.00. The fraction of sp³-hybridized carbons (Fsp3) is 0.333. The van der Waals surface area contributed by atoms with Crippen LogP contribution in [0.2, 0.25) is 0 Å². The van der Waals surface area contributed by atoms with E-state index in [1.165, 1.54) is 28.6 Å². The Kier molecular flexibility index (Phi) is 18.2. The van der Waals surface area contributed by atoms with Gasteiger partial charge in [-0.25, -0.2) is 13.2 Å². The molecule has 0 radical (unpaired) electrons. The van der Waals surface area contributed by atoms with Crippen molar-refractivity contribution in [1.82, 2.24) is 4.31 Å². The molecule has 2 amide bonds. The van der Waals surface area contributed by atoms with Gasteiger partial charge in [-0.05, 0) is 123 Å². The zero-order valence-electron chi connectivity index (χ0n) is 34.7. The van der Waals surface area contributed by atoms with Crippen molar-refractivity contribution >= 4 is 50.8 Å². The number of carbonyl (C=O) groups excluding carboxylic acids is 2. The van der Waals surface area contributed by atoms with Gasteiger partial charge < -0.3 is 28.6 Å². The van der Waals surface area contributed by atoms with E-state index in [4.69, 9.17) is 5.11 Å². The summed E-state index contributed by atoms with van der Waals surface area (Å²) in [5.41, 5.74) is 4.36. The number of nitrogens with one attached hydrogen (secondary N) is 2. The van der Waals surface area contributed by atoms with Gasteiger partial charge in [-0.3, -0.25) is 14.4 Å². The molecular weight excluding hydrogens is 799 g/mol. The first-order valence-electron chi connectivity index (χ1n) is 18.7. The van der Waals surface area contributed by atoms with E-state index in [0.29, 0.717) is 31.4 Å². The molecule has 57 heavy (non-hydrogen) atoms. The van der Waals surface area contributed by atoms with Crippen molar-refractivity contribution in [3.63, 3.8) is 0 Å². The predicted octanol–water partition coefficient (Wildman–Crippen LogP) is 1.16. The van der Waals surface area contributed by atoms with Gasteiger partial charge in [0.15, 0.2) is 0 Å². The molecule has 1 aliphatic heterocycles. The zero-order valence-corrected chi connectivity index (χ0v) is 39.8. The van der Waals surface area contributed by atoms with Gasteiger partial charge in [-0.15, -0.1) is 0 Å². The van der Waals surface area contributed by atoms with Crippen molar-refractivity contribution < 1.29 is 143 Å². The normalized spacial score (nSPS) is 16.6. The Labute approximate surface area is 422 Å². The minimum absolute atomic E-state index is 0. The van der Waals surface area contributed by atoms with Crippen molar-refractivity contribution in [2.45, 2.75) is 69.2 Å². The van der Waals surface area contributed by atoms with Crippen LogP contribution in [0.15, 0.2) is 95.9 Å². The number of carboxylic acids is 2. The quantitative estimate of drug-likeness (QED) is 0.136. The fourth-order valence-corrected chi connectivity index (χ4v) is 9.16. The summed E-state index contributed by atoms with van der Waals surface area (Å²) in [6.45, 7) is 3.66. The van der Waals surface area contributed by atoms with Gasteiger partial charge in [0.05, 0.1) is 27.6 Å². The SMILES string of the molecule is CCN(C1CCC(C(=O)O)CC1)S(=O)(=O)c1cccc(C(=O)Nc2ccc(N3CCCC3)cc2C(=O)Nc2ccc(CCc3ccc(C(=O)O)cc3)cc2)c1.[H-].[H-].[K+].[K+]. The molecule has 12 nitrogen and oxygen atoms in total. The van der Waals surface area contributed by atoms with E-state index in [1.54, 1.807) is 31.2 Å². The van der Waals surface area contributed by atoms with Crippen LogP contribution in [0, 0.1) is 5.92 Å². The van der Waals surface area contributed by atoms with Crippen LogP contribution >= 0.6 is 0 Å². The van der Waals surface area contributed by atoms with E-state index in [9.17, 15) is 32.7 Å². The molecule has 0 aromatic heterocycles. The molecule has 1 saturated carbocycles. The summed E-state index contributed by atoms with van der Waals surface area (Å²) < 4.78 is 29.1. The maximum absolute atomic E-state index is 13.9. The summed E-state index contributed by atoms with van der Waals surface area (Å²) in [5, 5.41) is 24.3. The van der Waals surface area contributed by atoms with E-state index in [-0.39, 0.29) is 145 Å². The summed E-state index contributed by atoms with van der Waals surface area (Å²) in [5.74, 6) is -3.30. The number of aliphatic carboxylic acids is 1. The summed E-state index contributed by atoms with van der Waals surface area (Å²) in [6.07, 6.45) is 5.22. The van der Waals surface area contributed by atoms with Crippen molar-refractivity contribution in [2.24, 2.45) is 5.92 Å². The molecule has 2 aliphatic rings. The van der Waals surface area contributed by atoms with Gasteiger partial charge in [0.25, 0.3) is 11.8 Å². The number of hydrogen-bond acceptors (Lipinski definition) is 7. The minimum Gasteiger partial charge on any atom is -1.00 e. The molecule has 1 saturated heterocycles. The second kappa shape index (κ2) is 21.8. The van der Waals surface area contributed by atoms with Gasteiger partial charge in [0, 0.05) is 42.6 Å². The van der Waals surface area contributed by atoms with Gasteiger partial charge in [-0.1, -0.05) is 37.3 Å². The predicted molar refractivity (Wildman–Crippen MR) is 213 cm³/mol. The van der Waals surface area contributed by atoms with Crippen molar-refractivity contribution in [2.75, 3.05) is 35.2 Å². The molecular formula is C42H48K2N4O8S. The molecule has 15 heteroatoms. The maximum Gasteiger partial charge on any atom is 1.00 e. The van der Waals surface area contributed by atoms with Crippen LogP contribution < -0.4 is 118 Å². The zero-order chi connectivity index (χ0) is 39.1. The largest absolute Gasteiger partial charge is 1.00 e. The van der Waals surface area contributed by atoms with Crippen LogP contribution in [-0.2, 0) is 27.7 Å². The molecule has 0 unspecified atom stereocenters. The van der Waals surface area contributed by atoms with E-state index < -0.39 is 39.7 Å². The summed E-state index contributed by atoms with van der Waals surface area (Å²) in [4.78, 5) is 52.3. The first-order valence-corrected chi connectivity index (χ1v) is 20.1. The monoisotopic (exact) mass is 846 g/mol. The molecule has 4 N–H and O–H groups in total. The molecule has 4 aromatic rings. The number of carboxylic acid groups (broad SMARTS) is 2.